The normalized spacial score (nSPS) is 12.2. The molecule has 5 nitrogen and oxygen atoms in total. The van der Waals surface area contributed by atoms with E-state index in [4.69, 9.17) is 23.1 Å². The Balaban J connectivity index is 3.59. The summed E-state index contributed by atoms with van der Waals surface area (Å²) in [7, 11) is 0. The molecular weight excluding hydrogens is 206 g/mol. The fourth-order valence-electron chi connectivity index (χ4n) is 0.927. The molecule has 0 aliphatic carbocycles. The number of hydrogen-bond donors (Lipinski definition) is 3. The third-order valence-corrected chi connectivity index (χ3v) is 1.84. The van der Waals surface area contributed by atoms with Crippen LogP contribution in [-0.2, 0) is 9.59 Å². The van der Waals surface area contributed by atoms with Gasteiger partial charge in [0.2, 0.25) is 11.1 Å². The van der Waals surface area contributed by atoms with E-state index in [9.17, 15) is 9.59 Å². The molecule has 0 rings (SSSR count). The lowest BCUT2D eigenvalue weighted by molar-refractivity contribution is -0.124. The van der Waals surface area contributed by atoms with E-state index in [-0.39, 0.29) is 12.5 Å². The van der Waals surface area contributed by atoms with E-state index >= 15 is 0 Å². The van der Waals surface area contributed by atoms with Crippen molar-refractivity contribution in [1.29, 1.82) is 0 Å². The molecule has 0 aromatic rings. The average molecular weight is 222 g/mol. The molecule has 0 aliphatic rings. The van der Waals surface area contributed by atoms with Crippen LogP contribution in [0.15, 0.2) is 0 Å². The first-order chi connectivity index (χ1) is 6.57. The summed E-state index contributed by atoms with van der Waals surface area (Å²) in [5.74, 6) is -0.351. The van der Waals surface area contributed by atoms with Crippen LogP contribution >= 0.6 is 11.6 Å². The molecule has 14 heavy (non-hydrogen) atoms. The number of nitrogens with one attached hydrogen (secondary N) is 1. The summed E-state index contributed by atoms with van der Waals surface area (Å²) in [6.45, 7) is 0.416. The zero-order valence-corrected chi connectivity index (χ0v) is 8.72. The minimum atomic E-state index is -0.604. The minimum Gasteiger partial charge on any atom is -0.346 e. The molecule has 5 N–H and O–H groups in total. The molecule has 0 heterocycles. The van der Waals surface area contributed by atoms with Crippen LogP contribution in [-0.4, -0.2) is 30.3 Å². The van der Waals surface area contributed by atoms with E-state index in [0.717, 1.165) is 12.8 Å². The summed E-state index contributed by atoms with van der Waals surface area (Å²) in [5, 5.41) is 1.73. The van der Waals surface area contributed by atoms with Crippen LogP contribution in [0.2, 0.25) is 0 Å². The quantitative estimate of drug-likeness (QED) is 0.392. The second kappa shape index (κ2) is 7.73. The molecule has 1 atom stereocenters. The van der Waals surface area contributed by atoms with Crippen LogP contribution in [0.25, 0.3) is 0 Å². The molecule has 0 aliphatic heterocycles. The van der Waals surface area contributed by atoms with Crippen molar-refractivity contribution in [3.05, 3.63) is 0 Å². The van der Waals surface area contributed by atoms with Gasteiger partial charge in [0.25, 0.3) is 0 Å². The van der Waals surface area contributed by atoms with Gasteiger partial charge in [-0.15, -0.1) is 0 Å². The van der Waals surface area contributed by atoms with E-state index in [2.05, 4.69) is 5.32 Å². The first-order valence-electron chi connectivity index (χ1n) is 4.49. The topological polar surface area (TPSA) is 98.2 Å². The van der Waals surface area contributed by atoms with Crippen LogP contribution in [0, 0.1) is 0 Å². The van der Waals surface area contributed by atoms with Crippen LogP contribution < -0.4 is 16.8 Å². The molecule has 0 fully saturated rings. The van der Waals surface area contributed by atoms with Crippen LogP contribution in [0.1, 0.15) is 19.3 Å². The molecule has 0 saturated carbocycles. The molecule has 0 bridgehead atoms. The van der Waals surface area contributed by atoms with Gasteiger partial charge >= 0.3 is 0 Å². The van der Waals surface area contributed by atoms with Crippen LogP contribution in [0.5, 0.6) is 0 Å². The number of halogens is 1. The molecule has 0 saturated heterocycles. The third kappa shape index (κ3) is 6.82. The summed E-state index contributed by atoms with van der Waals surface area (Å²) in [6, 6.07) is -0.586. The highest BCUT2D eigenvalue weighted by Gasteiger charge is 2.12. The van der Waals surface area contributed by atoms with Gasteiger partial charge in [0.15, 0.2) is 0 Å². The molecule has 0 unspecified atom stereocenters. The van der Waals surface area contributed by atoms with Crippen molar-refractivity contribution in [3.63, 3.8) is 0 Å². The molecule has 0 aromatic carbocycles. The van der Waals surface area contributed by atoms with Crippen molar-refractivity contribution in [1.82, 2.24) is 5.32 Å². The highest BCUT2D eigenvalue weighted by atomic mass is 35.5. The Labute approximate surface area is 88.1 Å². The van der Waals surface area contributed by atoms with Gasteiger partial charge in [-0.25, -0.2) is 0 Å². The zero-order chi connectivity index (χ0) is 11.0. The third-order valence-electron chi connectivity index (χ3n) is 1.71. The number of hydrogen-bond acceptors (Lipinski definition) is 4. The Hall–Kier alpha value is -0.650. The number of carbonyl (C=O) groups is 2. The lowest BCUT2D eigenvalue weighted by atomic mass is 10.1. The standard InChI is InChI=1S/C8H16ClN3O2/c9-7(13)5-12-8(14)6(11)3-1-2-4-10/h6H,1-5,10-11H2,(H,12,14)/t6-/m0/s1. The molecule has 6 heteroatoms. The van der Waals surface area contributed by atoms with Crippen molar-refractivity contribution in [2.45, 2.75) is 25.3 Å². The van der Waals surface area contributed by atoms with E-state index < -0.39 is 11.3 Å². The summed E-state index contributed by atoms with van der Waals surface area (Å²) >= 11 is 5.04. The lowest BCUT2D eigenvalue weighted by Gasteiger charge is -2.10. The maximum absolute atomic E-state index is 11.2. The lowest BCUT2D eigenvalue weighted by Crippen LogP contribution is -2.42. The predicted octanol–water partition coefficient (Wildman–Crippen LogP) is -0.676. The summed E-state index contributed by atoms with van der Waals surface area (Å²) in [5.41, 5.74) is 10.8. The van der Waals surface area contributed by atoms with Gasteiger partial charge in [0.1, 0.15) is 0 Å². The fourth-order valence-corrected chi connectivity index (χ4v) is 0.994. The van der Waals surface area contributed by atoms with Crippen molar-refractivity contribution in [3.8, 4) is 0 Å². The molecule has 1 amide bonds. The van der Waals surface area contributed by atoms with Gasteiger partial charge in [-0.1, -0.05) is 6.42 Å². The maximum atomic E-state index is 11.2. The first-order valence-corrected chi connectivity index (χ1v) is 4.87. The van der Waals surface area contributed by atoms with Gasteiger partial charge in [0.05, 0.1) is 12.6 Å². The number of rotatable bonds is 7. The Morgan fingerprint density at radius 1 is 1.36 bits per heavy atom. The number of nitrogens with two attached hydrogens (primary N) is 2. The highest BCUT2D eigenvalue weighted by molar-refractivity contribution is 6.64. The Morgan fingerprint density at radius 3 is 2.50 bits per heavy atom. The molecule has 82 valence electrons. The van der Waals surface area contributed by atoms with Gasteiger partial charge in [-0.2, -0.15) is 0 Å². The molecular formula is C8H16ClN3O2. The minimum absolute atomic E-state index is 0.176. The summed E-state index contributed by atoms with van der Waals surface area (Å²) in [6.07, 6.45) is 2.22. The predicted molar refractivity (Wildman–Crippen MR) is 54.8 cm³/mol. The molecule has 0 radical (unpaired) electrons. The van der Waals surface area contributed by atoms with Gasteiger partial charge in [0, 0.05) is 0 Å². The highest BCUT2D eigenvalue weighted by Crippen LogP contribution is 1.97. The van der Waals surface area contributed by atoms with Crippen molar-refractivity contribution in [2.24, 2.45) is 11.5 Å². The average Bonchev–Trinajstić information content (AvgIpc) is 2.14. The Bertz CT molecular complexity index is 199. The molecule has 0 aromatic heterocycles. The summed E-state index contributed by atoms with van der Waals surface area (Å²) in [4.78, 5) is 21.5. The largest absolute Gasteiger partial charge is 0.346 e. The van der Waals surface area contributed by atoms with E-state index in [1.54, 1.807) is 0 Å². The summed E-state index contributed by atoms with van der Waals surface area (Å²) < 4.78 is 0. The van der Waals surface area contributed by atoms with E-state index in [0.29, 0.717) is 13.0 Å². The van der Waals surface area contributed by atoms with E-state index in [1.807, 2.05) is 0 Å². The SMILES string of the molecule is NCCCC[C@H](N)C(=O)NCC(=O)Cl. The second-order valence-corrected chi connectivity index (χ2v) is 3.39. The fraction of sp³-hybridized carbons (Fsp3) is 0.750. The zero-order valence-electron chi connectivity index (χ0n) is 7.96. The monoisotopic (exact) mass is 221 g/mol. The number of carbonyl (C=O) groups excluding carboxylic acids is 2. The van der Waals surface area contributed by atoms with Crippen molar-refractivity contribution >= 4 is 22.8 Å². The van der Waals surface area contributed by atoms with E-state index in [1.165, 1.54) is 0 Å². The Kier molecular flexibility index (Phi) is 7.37. The van der Waals surface area contributed by atoms with Crippen molar-refractivity contribution < 1.29 is 9.59 Å². The first kappa shape index (κ1) is 13.4. The van der Waals surface area contributed by atoms with Gasteiger partial charge in [-0.05, 0) is 31.0 Å². The smallest absolute Gasteiger partial charge is 0.240 e. The number of amides is 1. The van der Waals surface area contributed by atoms with Gasteiger partial charge < -0.3 is 16.8 Å². The molecule has 0 spiro atoms. The second-order valence-electron chi connectivity index (χ2n) is 2.96. The maximum Gasteiger partial charge on any atom is 0.240 e. The Morgan fingerprint density at radius 2 is 2.00 bits per heavy atom. The number of unbranched alkanes of at least 4 members (excludes halogenated alkanes) is 1. The van der Waals surface area contributed by atoms with Crippen LogP contribution in [0.4, 0.5) is 0 Å². The van der Waals surface area contributed by atoms with Gasteiger partial charge in [-0.3, -0.25) is 9.59 Å². The van der Waals surface area contributed by atoms with Crippen molar-refractivity contribution in [2.75, 3.05) is 13.1 Å². The van der Waals surface area contributed by atoms with Crippen LogP contribution in [0.3, 0.4) is 0 Å².